The largest absolute Gasteiger partial charge is 0.313 e. The molecule has 2 aromatic carbocycles. The maximum absolute atomic E-state index is 10.8. The maximum Gasteiger partial charge on any atom is 0.212 e. The SMILES string of the molecule is CS.Cc1sc(N(Cc2ccc3nsnc3c2)c2ccc(C#N)cc2)nc1NC=O. The third kappa shape index (κ3) is 4.76. The van der Waals surface area contributed by atoms with Crippen LogP contribution in [0.5, 0.6) is 0 Å². The molecular formula is C20H18N6OS3. The maximum atomic E-state index is 10.8. The molecule has 1 N–H and O–H groups in total. The quantitative estimate of drug-likeness (QED) is 0.322. The van der Waals surface area contributed by atoms with Crippen LogP contribution in [0.15, 0.2) is 42.5 Å². The Morgan fingerprint density at radius 1 is 1.17 bits per heavy atom. The minimum absolute atomic E-state index is 0.549. The van der Waals surface area contributed by atoms with Gasteiger partial charge in [0.15, 0.2) is 5.13 Å². The molecule has 2 aromatic heterocycles. The number of thiazole rings is 1. The first-order valence-corrected chi connectivity index (χ1v) is 11.2. The summed E-state index contributed by atoms with van der Waals surface area (Å²) < 4.78 is 8.56. The van der Waals surface area contributed by atoms with Gasteiger partial charge in [-0.25, -0.2) is 4.98 Å². The zero-order chi connectivity index (χ0) is 21.5. The van der Waals surface area contributed by atoms with E-state index in [0.29, 0.717) is 24.3 Å². The van der Waals surface area contributed by atoms with E-state index in [1.54, 1.807) is 18.4 Å². The van der Waals surface area contributed by atoms with Gasteiger partial charge < -0.3 is 10.2 Å². The van der Waals surface area contributed by atoms with E-state index in [4.69, 9.17) is 5.26 Å². The van der Waals surface area contributed by atoms with Crippen LogP contribution in [0, 0.1) is 18.3 Å². The van der Waals surface area contributed by atoms with Gasteiger partial charge in [-0.1, -0.05) is 17.4 Å². The summed E-state index contributed by atoms with van der Waals surface area (Å²) >= 11 is 6.21. The number of nitrogens with one attached hydrogen (secondary N) is 1. The number of hydrogen-bond donors (Lipinski definition) is 2. The molecule has 0 saturated heterocycles. The van der Waals surface area contributed by atoms with Gasteiger partial charge in [-0.2, -0.15) is 26.6 Å². The molecule has 0 spiro atoms. The van der Waals surface area contributed by atoms with E-state index in [2.05, 4.69) is 42.6 Å². The zero-order valence-electron chi connectivity index (χ0n) is 16.2. The van der Waals surface area contributed by atoms with Gasteiger partial charge in [0.25, 0.3) is 0 Å². The van der Waals surface area contributed by atoms with E-state index in [1.807, 2.05) is 37.3 Å². The number of fused-ring (bicyclic) bond motifs is 1. The Morgan fingerprint density at radius 3 is 2.60 bits per heavy atom. The molecule has 1 amide bonds. The molecule has 152 valence electrons. The van der Waals surface area contributed by atoms with Crippen LogP contribution in [0.3, 0.4) is 0 Å². The fourth-order valence-electron chi connectivity index (χ4n) is 2.78. The third-order valence-corrected chi connectivity index (χ3v) is 5.73. The minimum atomic E-state index is 0.549. The van der Waals surface area contributed by atoms with Crippen LogP contribution in [-0.2, 0) is 11.3 Å². The Kier molecular flexibility index (Phi) is 7.35. The second kappa shape index (κ2) is 10.2. The first-order chi connectivity index (χ1) is 14.7. The highest BCUT2D eigenvalue weighted by Crippen LogP contribution is 2.35. The standard InChI is InChI=1S/C19H14N6OS2.CH4S/c1-12-18(21-11-26)22-19(27-12)25(15-5-2-13(9-20)3-6-15)10-14-4-7-16-17(8-14)24-28-23-16;1-2/h2-8,11H,10H2,1H3,(H,21,26);2H,1H3. The molecule has 0 fully saturated rings. The number of anilines is 3. The van der Waals surface area contributed by atoms with E-state index in [9.17, 15) is 4.79 Å². The topological polar surface area (TPSA) is 94.8 Å². The van der Waals surface area contributed by atoms with Crippen LogP contribution in [0.2, 0.25) is 0 Å². The lowest BCUT2D eigenvalue weighted by molar-refractivity contribution is -0.105. The number of benzene rings is 2. The van der Waals surface area contributed by atoms with E-state index in [1.165, 1.54) is 23.1 Å². The summed E-state index contributed by atoms with van der Waals surface area (Å²) in [6.07, 6.45) is 2.32. The van der Waals surface area contributed by atoms with Gasteiger partial charge in [0.2, 0.25) is 6.41 Å². The van der Waals surface area contributed by atoms with Crippen LogP contribution in [-0.4, -0.2) is 26.4 Å². The van der Waals surface area contributed by atoms with Gasteiger partial charge >= 0.3 is 0 Å². The van der Waals surface area contributed by atoms with Crippen molar-refractivity contribution >= 4 is 69.8 Å². The average Bonchev–Trinajstić information content (AvgIpc) is 3.40. The normalized spacial score (nSPS) is 10.1. The second-order valence-electron chi connectivity index (χ2n) is 6.00. The van der Waals surface area contributed by atoms with E-state index < -0.39 is 0 Å². The summed E-state index contributed by atoms with van der Waals surface area (Å²) in [4.78, 5) is 18.4. The number of thiol groups is 1. The Balaban J connectivity index is 0.00000124. The van der Waals surface area contributed by atoms with Crippen molar-refractivity contribution in [3.05, 3.63) is 58.5 Å². The summed E-state index contributed by atoms with van der Waals surface area (Å²) in [6, 6.07) is 15.5. The lowest BCUT2D eigenvalue weighted by Crippen LogP contribution is -2.16. The Morgan fingerprint density at radius 2 is 1.90 bits per heavy atom. The molecule has 0 unspecified atom stereocenters. The first-order valence-electron chi connectivity index (χ1n) is 8.79. The lowest BCUT2D eigenvalue weighted by Gasteiger charge is -2.22. The Labute approximate surface area is 187 Å². The van der Waals surface area contributed by atoms with Crippen molar-refractivity contribution in [3.63, 3.8) is 0 Å². The molecule has 4 aromatic rings. The smallest absolute Gasteiger partial charge is 0.212 e. The van der Waals surface area contributed by atoms with Crippen molar-refractivity contribution in [1.29, 1.82) is 5.26 Å². The van der Waals surface area contributed by atoms with Gasteiger partial charge in [-0.3, -0.25) is 4.79 Å². The van der Waals surface area contributed by atoms with Crippen LogP contribution in [0.4, 0.5) is 16.6 Å². The van der Waals surface area contributed by atoms with E-state index >= 15 is 0 Å². The van der Waals surface area contributed by atoms with Crippen molar-refractivity contribution < 1.29 is 4.79 Å². The highest BCUT2D eigenvalue weighted by Gasteiger charge is 2.17. The van der Waals surface area contributed by atoms with Crippen molar-refractivity contribution in [1.82, 2.24) is 13.7 Å². The number of aryl methyl sites for hydroxylation is 1. The molecule has 7 nitrogen and oxygen atoms in total. The molecule has 0 saturated carbocycles. The molecule has 2 heterocycles. The molecule has 0 bridgehead atoms. The number of nitrogens with zero attached hydrogens (tertiary/aromatic N) is 5. The number of carbonyl (C=O) groups is 1. The summed E-state index contributed by atoms with van der Waals surface area (Å²) in [5.74, 6) is 0.549. The average molecular weight is 455 g/mol. The summed E-state index contributed by atoms with van der Waals surface area (Å²) in [5, 5.41) is 12.5. The molecule has 0 aliphatic rings. The van der Waals surface area contributed by atoms with Crippen LogP contribution in [0.25, 0.3) is 11.0 Å². The van der Waals surface area contributed by atoms with Crippen molar-refractivity contribution in [3.8, 4) is 6.07 Å². The molecule has 0 aliphatic carbocycles. The van der Waals surface area contributed by atoms with Crippen LogP contribution in [0.1, 0.15) is 16.0 Å². The zero-order valence-corrected chi connectivity index (χ0v) is 18.8. The molecule has 30 heavy (non-hydrogen) atoms. The second-order valence-corrected chi connectivity index (χ2v) is 7.71. The predicted molar refractivity (Wildman–Crippen MR) is 126 cm³/mol. The van der Waals surface area contributed by atoms with Crippen LogP contribution >= 0.6 is 35.7 Å². The van der Waals surface area contributed by atoms with Gasteiger partial charge in [-0.15, -0.1) is 0 Å². The Bertz CT molecular complexity index is 1180. The van der Waals surface area contributed by atoms with Crippen molar-refractivity contribution in [2.75, 3.05) is 16.5 Å². The number of nitriles is 1. The summed E-state index contributed by atoms with van der Waals surface area (Å²) in [5.41, 5.74) is 4.30. The van der Waals surface area contributed by atoms with E-state index in [0.717, 1.165) is 32.3 Å². The fourth-order valence-corrected chi connectivity index (χ4v) is 4.19. The van der Waals surface area contributed by atoms with Gasteiger partial charge in [-0.05, 0) is 55.1 Å². The summed E-state index contributed by atoms with van der Waals surface area (Å²) in [6.45, 7) is 2.48. The van der Waals surface area contributed by atoms with Crippen LogP contribution < -0.4 is 10.2 Å². The molecule has 0 atom stereocenters. The molecular weight excluding hydrogens is 436 g/mol. The molecule has 4 rings (SSSR count). The highest BCUT2D eigenvalue weighted by molar-refractivity contribution is 7.79. The Hall–Kier alpha value is -3.00. The number of aromatic nitrogens is 3. The highest BCUT2D eigenvalue weighted by atomic mass is 32.1. The van der Waals surface area contributed by atoms with Gasteiger partial charge in [0.05, 0.1) is 29.9 Å². The number of hydrogen-bond acceptors (Lipinski definition) is 9. The molecule has 0 radical (unpaired) electrons. The van der Waals surface area contributed by atoms with Crippen molar-refractivity contribution in [2.45, 2.75) is 13.5 Å². The number of carbonyl (C=O) groups excluding carboxylic acids is 1. The summed E-state index contributed by atoms with van der Waals surface area (Å²) in [7, 11) is 0. The predicted octanol–water partition coefficient (Wildman–Crippen LogP) is 4.78. The molecule has 10 heteroatoms. The fraction of sp³-hybridized carbons (Fsp3) is 0.150. The molecule has 0 aliphatic heterocycles. The minimum Gasteiger partial charge on any atom is -0.313 e. The van der Waals surface area contributed by atoms with Gasteiger partial charge in [0.1, 0.15) is 16.9 Å². The number of amides is 1. The van der Waals surface area contributed by atoms with E-state index in [-0.39, 0.29) is 0 Å². The lowest BCUT2D eigenvalue weighted by atomic mass is 10.1. The van der Waals surface area contributed by atoms with Gasteiger partial charge in [0, 0.05) is 10.6 Å². The number of rotatable bonds is 6. The first kappa shape index (κ1) is 21.7. The van der Waals surface area contributed by atoms with Crippen molar-refractivity contribution in [2.24, 2.45) is 0 Å². The monoisotopic (exact) mass is 454 g/mol. The third-order valence-electron chi connectivity index (χ3n) is 4.18.